The van der Waals surface area contributed by atoms with Gasteiger partial charge in [0, 0.05) is 6.20 Å². The molecule has 0 saturated carbocycles. The highest BCUT2D eigenvalue weighted by Crippen LogP contribution is 2.04. The molecule has 1 aromatic rings. The number of pyridine rings is 1. The Hall–Kier alpha value is -1.49. The molecule has 4 nitrogen and oxygen atoms in total. The van der Waals surface area contributed by atoms with Gasteiger partial charge in [0.1, 0.15) is 0 Å². The molecule has 0 spiro atoms. The molecule has 82 valence electrons. The van der Waals surface area contributed by atoms with Crippen LogP contribution in [0.2, 0.25) is 0 Å². The number of halogens is 1. The summed E-state index contributed by atoms with van der Waals surface area (Å²) in [7, 11) is 0. The van der Waals surface area contributed by atoms with E-state index in [1.165, 1.54) is 12.3 Å². The van der Waals surface area contributed by atoms with Crippen LogP contribution in [0, 0.1) is 5.82 Å². The molecular weight excluding hydrogens is 199 g/mol. The Bertz CT molecular complexity index is 340. The Morgan fingerprint density at radius 3 is 3.00 bits per heavy atom. The average molecular weight is 212 g/mol. The van der Waals surface area contributed by atoms with Gasteiger partial charge in [0.2, 0.25) is 0 Å². The fourth-order valence-corrected chi connectivity index (χ4v) is 1.10. The second-order valence-corrected chi connectivity index (χ2v) is 3.12. The van der Waals surface area contributed by atoms with Gasteiger partial charge in [-0.3, -0.25) is 9.78 Å². The summed E-state index contributed by atoms with van der Waals surface area (Å²) in [6.07, 6.45) is 2.92. The Balaban J connectivity index is 2.73. The van der Waals surface area contributed by atoms with Crippen molar-refractivity contribution in [2.75, 3.05) is 6.61 Å². The molecule has 0 aliphatic heterocycles. The van der Waals surface area contributed by atoms with Crippen molar-refractivity contribution in [3.63, 3.8) is 0 Å². The van der Waals surface area contributed by atoms with Crippen molar-refractivity contribution < 1.29 is 14.3 Å². The molecule has 0 radical (unpaired) electrons. The van der Waals surface area contributed by atoms with Gasteiger partial charge in [-0.1, -0.05) is 6.92 Å². The van der Waals surface area contributed by atoms with E-state index in [-0.39, 0.29) is 18.2 Å². The first-order valence-electron chi connectivity index (χ1n) is 4.70. The predicted octanol–water partition coefficient (Wildman–Crippen LogP) is 0.721. The zero-order valence-electron chi connectivity index (χ0n) is 8.40. The number of carbonyl (C=O) groups excluding carboxylic acids is 1. The molecule has 0 aromatic carbocycles. The maximum absolute atomic E-state index is 13.1. The molecule has 0 unspecified atom stereocenters. The molecule has 0 aliphatic carbocycles. The standard InChI is InChI=1S/C10H13FN2O2/c1-2-7(6-14)13-10(15)8-3-4-12-5-9(8)11/h3-5,7,14H,2,6H2,1H3,(H,13,15)/t7-/m0/s1. The van der Waals surface area contributed by atoms with Gasteiger partial charge in [0.25, 0.3) is 5.91 Å². The van der Waals surface area contributed by atoms with Gasteiger partial charge in [-0.15, -0.1) is 0 Å². The maximum atomic E-state index is 13.1. The van der Waals surface area contributed by atoms with Gasteiger partial charge in [-0.2, -0.15) is 0 Å². The van der Waals surface area contributed by atoms with Crippen LogP contribution in [0.1, 0.15) is 23.7 Å². The zero-order valence-corrected chi connectivity index (χ0v) is 8.40. The SMILES string of the molecule is CC[C@@H](CO)NC(=O)c1ccncc1F. The van der Waals surface area contributed by atoms with Gasteiger partial charge < -0.3 is 10.4 Å². The fourth-order valence-electron chi connectivity index (χ4n) is 1.10. The summed E-state index contributed by atoms with van der Waals surface area (Å²) in [5, 5.41) is 11.4. The lowest BCUT2D eigenvalue weighted by Crippen LogP contribution is -2.37. The number of nitrogens with one attached hydrogen (secondary N) is 1. The van der Waals surface area contributed by atoms with Gasteiger partial charge in [0.15, 0.2) is 5.82 Å². The van der Waals surface area contributed by atoms with E-state index in [1.54, 1.807) is 0 Å². The lowest BCUT2D eigenvalue weighted by molar-refractivity contribution is 0.0910. The van der Waals surface area contributed by atoms with Crippen LogP contribution in [0.4, 0.5) is 4.39 Å². The van der Waals surface area contributed by atoms with Gasteiger partial charge in [0.05, 0.1) is 24.4 Å². The first-order valence-corrected chi connectivity index (χ1v) is 4.70. The van der Waals surface area contributed by atoms with E-state index < -0.39 is 11.7 Å². The zero-order chi connectivity index (χ0) is 11.3. The molecule has 1 aromatic heterocycles. The average Bonchev–Trinajstić information content (AvgIpc) is 2.26. The van der Waals surface area contributed by atoms with Crippen LogP contribution < -0.4 is 5.32 Å². The predicted molar refractivity (Wildman–Crippen MR) is 52.8 cm³/mol. The van der Waals surface area contributed by atoms with Crippen LogP contribution in [0.5, 0.6) is 0 Å². The molecule has 15 heavy (non-hydrogen) atoms. The van der Waals surface area contributed by atoms with Gasteiger partial charge >= 0.3 is 0 Å². The van der Waals surface area contributed by atoms with Crippen LogP contribution in [-0.2, 0) is 0 Å². The Morgan fingerprint density at radius 1 is 1.73 bits per heavy atom. The number of aliphatic hydroxyl groups excluding tert-OH is 1. The second-order valence-electron chi connectivity index (χ2n) is 3.12. The Morgan fingerprint density at radius 2 is 2.47 bits per heavy atom. The Kier molecular flexibility index (Phi) is 4.17. The number of hydrogen-bond donors (Lipinski definition) is 2. The lowest BCUT2D eigenvalue weighted by Gasteiger charge is -2.13. The number of rotatable bonds is 4. The topological polar surface area (TPSA) is 62.2 Å². The maximum Gasteiger partial charge on any atom is 0.254 e. The molecule has 5 heteroatoms. The number of carbonyl (C=O) groups is 1. The molecule has 1 atom stereocenters. The number of nitrogens with zero attached hydrogens (tertiary/aromatic N) is 1. The highest BCUT2D eigenvalue weighted by molar-refractivity contribution is 5.94. The molecule has 0 saturated heterocycles. The minimum atomic E-state index is -0.664. The summed E-state index contributed by atoms with van der Waals surface area (Å²) >= 11 is 0. The summed E-state index contributed by atoms with van der Waals surface area (Å²) in [5.74, 6) is -1.20. The highest BCUT2D eigenvalue weighted by atomic mass is 19.1. The van der Waals surface area contributed by atoms with Crippen molar-refractivity contribution in [2.45, 2.75) is 19.4 Å². The molecule has 0 fully saturated rings. The van der Waals surface area contributed by atoms with Crippen LogP contribution in [0.3, 0.4) is 0 Å². The third-order valence-corrected chi connectivity index (χ3v) is 2.07. The molecule has 0 aliphatic rings. The molecule has 1 rings (SSSR count). The summed E-state index contributed by atoms with van der Waals surface area (Å²) in [4.78, 5) is 15.0. The summed E-state index contributed by atoms with van der Waals surface area (Å²) < 4.78 is 13.1. The fraction of sp³-hybridized carbons (Fsp3) is 0.400. The van der Waals surface area contributed by atoms with E-state index in [9.17, 15) is 9.18 Å². The minimum absolute atomic E-state index is 0.0584. The van der Waals surface area contributed by atoms with E-state index in [0.717, 1.165) is 6.20 Å². The Labute approximate surface area is 87.1 Å². The first kappa shape index (κ1) is 11.6. The molecular formula is C10H13FN2O2. The number of amides is 1. The molecule has 0 bridgehead atoms. The van der Waals surface area contributed by atoms with Gasteiger partial charge in [-0.25, -0.2) is 4.39 Å². The van der Waals surface area contributed by atoms with Crippen LogP contribution in [-0.4, -0.2) is 28.6 Å². The number of hydrogen-bond acceptors (Lipinski definition) is 3. The van der Waals surface area contributed by atoms with Crippen molar-refractivity contribution >= 4 is 5.91 Å². The second kappa shape index (κ2) is 5.41. The molecule has 2 N–H and O–H groups in total. The number of aromatic nitrogens is 1. The van der Waals surface area contributed by atoms with E-state index in [1.807, 2.05) is 6.92 Å². The molecule has 1 amide bonds. The third kappa shape index (κ3) is 2.99. The van der Waals surface area contributed by atoms with Crippen molar-refractivity contribution in [2.24, 2.45) is 0 Å². The van der Waals surface area contributed by atoms with Crippen LogP contribution in [0.15, 0.2) is 18.5 Å². The quantitative estimate of drug-likeness (QED) is 0.773. The van der Waals surface area contributed by atoms with E-state index >= 15 is 0 Å². The smallest absolute Gasteiger partial charge is 0.254 e. The summed E-state index contributed by atoms with van der Waals surface area (Å²) in [5.41, 5.74) is -0.0584. The largest absolute Gasteiger partial charge is 0.394 e. The number of aliphatic hydroxyl groups is 1. The first-order chi connectivity index (χ1) is 7.19. The van der Waals surface area contributed by atoms with Crippen LogP contribution >= 0.6 is 0 Å². The summed E-state index contributed by atoms with van der Waals surface area (Å²) in [6, 6.07) is 0.958. The van der Waals surface area contributed by atoms with Gasteiger partial charge in [-0.05, 0) is 12.5 Å². The van der Waals surface area contributed by atoms with Crippen molar-refractivity contribution in [3.8, 4) is 0 Å². The van der Waals surface area contributed by atoms with E-state index in [4.69, 9.17) is 5.11 Å². The van der Waals surface area contributed by atoms with Crippen molar-refractivity contribution in [1.82, 2.24) is 10.3 Å². The van der Waals surface area contributed by atoms with E-state index in [2.05, 4.69) is 10.3 Å². The minimum Gasteiger partial charge on any atom is -0.394 e. The van der Waals surface area contributed by atoms with Crippen molar-refractivity contribution in [3.05, 3.63) is 29.8 Å². The monoisotopic (exact) mass is 212 g/mol. The molecule has 1 heterocycles. The highest BCUT2D eigenvalue weighted by Gasteiger charge is 2.14. The lowest BCUT2D eigenvalue weighted by atomic mass is 10.2. The van der Waals surface area contributed by atoms with Crippen LogP contribution in [0.25, 0.3) is 0 Å². The normalized spacial score (nSPS) is 12.2. The van der Waals surface area contributed by atoms with Crippen molar-refractivity contribution in [1.29, 1.82) is 0 Å². The third-order valence-electron chi connectivity index (χ3n) is 2.07. The van der Waals surface area contributed by atoms with E-state index in [0.29, 0.717) is 6.42 Å². The summed E-state index contributed by atoms with van der Waals surface area (Å²) in [6.45, 7) is 1.67.